The maximum Gasteiger partial charge on any atom is 0.405 e. The van der Waals surface area contributed by atoms with Crippen LogP contribution >= 0.6 is 0 Å². The molecule has 0 aliphatic carbocycles. The van der Waals surface area contributed by atoms with E-state index >= 15 is 0 Å². The first-order valence-electron chi connectivity index (χ1n) is 13.5. The first-order chi connectivity index (χ1) is 21.2. The molecule has 5 aromatic rings. The predicted octanol–water partition coefficient (Wildman–Crippen LogP) is 4.10. The Morgan fingerprint density at radius 1 is 0.818 bits per heavy atom. The van der Waals surface area contributed by atoms with Crippen LogP contribution in [0.4, 0.5) is 13.2 Å². The summed E-state index contributed by atoms with van der Waals surface area (Å²) in [6.07, 6.45) is -4.53. The van der Waals surface area contributed by atoms with Crippen LogP contribution in [-0.2, 0) is 24.5 Å². The summed E-state index contributed by atoms with van der Waals surface area (Å²) in [5, 5.41) is 21.8. The summed E-state index contributed by atoms with van der Waals surface area (Å²) < 4.78 is 44.8. The molecule has 0 aliphatic rings. The Balaban J connectivity index is 1.34. The van der Waals surface area contributed by atoms with Crippen LogP contribution in [0.25, 0.3) is 11.4 Å². The van der Waals surface area contributed by atoms with E-state index in [2.05, 4.69) is 25.8 Å². The van der Waals surface area contributed by atoms with E-state index in [0.29, 0.717) is 22.8 Å². The molecule has 2 N–H and O–H groups in total. The predicted molar refractivity (Wildman–Crippen MR) is 152 cm³/mol. The Morgan fingerprint density at radius 2 is 1.50 bits per heavy atom. The first-order valence-corrected chi connectivity index (χ1v) is 13.5. The fraction of sp³-hybridized carbons (Fsp3) is 0.200. The van der Waals surface area contributed by atoms with Crippen molar-refractivity contribution in [1.29, 1.82) is 0 Å². The molecule has 226 valence electrons. The molecule has 14 heteroatoms. The van der Waals surface area contributed by atoms with Crippen LogP contribution in [0.5, 0.6) is 0 Å². The maximum atomic E-state index is 13.3. The van der Waals surface area contributed by atoms with Crippen LogP contribution in [-0.4, -0.2) is 54.5 Å². The second kappa shape index (κ2) is 13.3. The number of hydrogen-bond acceptors (Lipinski definition) is 7. The van der Waals surface area contributed by atoms with Gasteiger partial charge in [0.05, 0.1) is 36.8 Å². The van der Waals surface area contributed by atoms with Crippen molar-refractivity contribution in [1.82, 2.24) is 40.6 Å². The molecule has 0 bridgehead atoms. The molecule has 0 unspecified atom stereocenters. The highest BCUT2D eigenvalue weighted by atomic mass is 19.4. The fourth-order valence-electron chi connectivity index (χ4n) is 4.19. The minimum Gasteiger partial charge on any atom is -0.370 e. The van der Waals surface area contributed by atoms with Gasteiger partial charge in [-0.25, -0.2) is 4.68 Å². The molecule has 3 aromatic carbocycles. The third-order valence-electron chi connectivity index (χ3n) is 6.43. The number of alkyl halides is 3. The highest BCUT2D eigenvalue weighted by Crippen LogP contribution is 2.18. The molecule has 0 atom stereocenters. The van der Waals surface area contributed by atoms with Gasteiger partial charge in [-0.2, -0.15) is 28.2 Å². The molecule has 0 fully saturated rings. The average molecular weight is 605 g/mol. The summed E-state index contributed by atoms with van der Waals surface area (Å²) >= 11 is 0. The van der Waals surface area contributed by atoms with Crippen LogP contribution in [0.2, 0.25) is 0 Å². The van der Waals surface area contributed by atoms with Gasteiger partial charge in [-0.3, -0.25) is 9.59 Å². The van der Waals surface area contributed by atoms with Crippen LogP contribution in [0.3, 0.4) is 0 Å². The van der Waals surface area contributed by atoms with E-state index in [0.717, 1.165) is 11.3 Å². The maximum absolute atomic E-state index is 13.3. The highest BCUT2D eigenvalue weighted by molar-refractivity contribution is 5.94. The van der Waals surface area contributed by atoms with Crippen molar-refractivity contribution in [2.75, 3.05) is 6.54 Å². The van der Waals surface area contributed by atoms with Gasteiger partial charge in [-0.1, -0.05) is 53.7 Å². The normalized spacial score (nSPS) is 11.4. The Bertz CT molecular complexity index is 1720. The zero-order valence-electron chi connectivity index (χ0n) is 23.5. The van der Waals surface area contributed by atoms with Crippen molar-refractivity contribution in [2.24, 2.45) is 0 Å². The molecule has 0 spiro atoms. The second-order valence-corrected chi connectivity index (χ2v) is 9.66. The number of hydrogen-bond donors (Lipinski definition) is 2. The largest absolute Gasteiger partial charge is 0.405 e. The van der Waals surface area contributed by atoms with Gasteiger partial charge in [0, 0.05) is 5.56 Å². The Morgan fingerprint density at radius 3 is 2.18 bits per heavy atom. The Hall–Kier alpha value is -5.37. The lowest BCUT2D eigenvalue weighted by Crippen LogP contribution is -2.33. The summed E-state index contributed by atoms with van der Waals surface area (Å²) in [5.74, 6) is -1.40. The molecule has 0 aliphatic heterocycles. The van der Waals surface area contributed by atoms with Crippen molar-refractivity contribution < 1.29 is 27.5 Å². The molecule has 2 heterocycles. The number of amides is 2. The summed E-state index contributed by atoms with van der Waals surface area (Å²) in [6, 6.07) is 24.5. The summed E-state index contributed by atoms with van der Waals surface area (Å²) in [6.45, 7) is 0.644. The number of para-hydroxylation sites is 1. The number of benzene rings is 3. The van der Waals surface area contributed by atoms with Crippen LogP contribution in [0.15, 0.2) is 84.9 Å². The van der Waals surface area contributed by atoms with Crippen molar-refractivity contribution in [2.45, 2.75) is 32.9 Å². The van der Waals surface area contributed by atoms with Crippen LogP contribution < -0.4 is 10.6 Å². The van der Waals surface area contributed by atoms with Gasteiger partial charge in [0.2, 0.25) is 0 Å². The Labute approximate surface area is 249 Å². The van der Waals surface area contributed by atoms with Crippen LogP contribution in [0, 0.1) is 6.92 Å². The number of carbonyl (C=O) groups is 2. The van der Waals surface area contributed by atoms with Gasteiger partial charge in [0.1, 0.15) is 17.9 Å². The minimum absolute atomic E-state index is 0.0122. The highest BCUT2D eigenvalue weighted by Gasteiger charge is 2.28. The van der Waals surface area contributed by atoms with Gasteiger partial charge >= 0.3 is 6.18 Å². The first kappa shape index (κ1) is 30.1. The van der Waals surface area contributed by atoms with E-state index in [4.69, 9.17) is 4.74 Å². The fourth-order valence-corrected chi connectivity index (χ4v) is 4.19. The lowest BCUT2D eigenvalue weighted by atomic mass is 10.2. The number of aromatic nitrogens is 6. The Kier molecular flexibility index (Phi) is 9.09. The molecule has 2 aromatic heterocycles. The summed E-state index contributed by atoms with van der Waals surface area (Å²) in [4.78, 5) is 26.9. The van der Waals surface area contributed by atoms with E-state index in [1.165, 1.54) is 33.7 Å². The van der Waals surface area contributed by atoms with E-state index < -0.39 is 24.5 Å². The van der Waals surface area contributed by atoms with Crippen molar-refractivity contribution in [3.63, 3.8) is 0 Å². The van der Waals surface area contributed by atoms with E-state index in [9.17, 15) is 22.8 Å². The number of nitrogens with one attached hydrogen (secondary N) is 2. The monoisotopic (exact) mass is 604 g/mol. The summed E-state index contributed by atoms with van der Waals surface area (Å²) in [7, 11) is 0. The number of nitrogens with zero attached hydrogens (tertiary/aromatic N) is 6. The molecule has 2 amide bonds. The van der Waals surface area contributed by atoms with E-state index in [1.54, 1.807) is 6.92 Å². The second-order valence-electron chi connectivity index (χ2n) is 9.66. The van der Waals surface area contributed by atoms with Gasteiger partial charge in [-0.15, -0.1) is 5.10 Å². The van der Waals surface area contributed by atoms with Crippen molar-refractivity contribution >= 4 is 11.8 Å². The molecular formula is C30H27F3N8O3. The van der Waals surface area contributed by atoms with Gasteiger partial charge in [0.25, 0.3) is 11.8 Å². The lowest BCUT2D eigenvalue weighted by Gasteiger charge is -2.11. The smallest absolute Gasteiger partial charge is 0.370 e. The minimum atomic E-state index is -4.53. The van der Waals surface area contributed by atoms with Gasteiger partial charge in [-0.05, 0) is 48.9 Å². The number of halogens is 3. The zero-order valence-corrected chi connectivity index (χ0v) is 23.5. The molecule has 0 saturated carbocycles. The quantitative estimate of drug-likeness (QED) is 0.232. The van der Waals surface area contributed by atoms with Crippen molar-refractivity contribution in [3.8, 4) is 11.4 Å². The lowest BCUT2D eigenvalue weighted by molar-refractivity contribution is -0.123. The molecule has 44 heavy (non-hydrogen) atoms. The molecule has 0 radical (unpaired) electrons. The zero-order chi connectivity index (χ0) is 31.1. The molecule has 5 rings (SSSR count). The van der Waals surface area contributed by atoms with Crippen molar-refractivity contribution in [3.05, 3.63) is 119 Å². The topological polar surface area (TPSA) is 129 Å². The number of aryl methyl sites for hydroxylation is 1. The summed E-state index contributed by atoms with van der Waals surface area (Å²) in [5.41, 5.74) is 3.69. The number of rotatable bonds is 11. The molecular weight excluding hydrogens is 577 g/mol. The third kappa shape index (κ3) is 7.52. The van der Waals surface area contributed by atoms with Crippen LogP contribution in [0.1, 0.15) is 43.5 Å². The van der Waals surface area contributed by atoms with E-state index in [-0.39, 0.29) is 31.0 Å². The number of ether oxygens (including phenoxy) is 1. The van der Waals surface area contributed by atoms with Gasteiger partial charge in [0.15, 0.2) is 5.69 Å². The molecule has 11 nitrogen and oxygen atoms in total. The third-order valence-corrected chi connectivity index (χ3v) is 6.43. The average Bonchev–Trinajstić information content (AvgIpc) is 3.62. The molecule has 0 saturated heterocycles. The number of carbonyl (C=O) groups excluding carboxylic acids is 2. The standard InChI is InChI=1S/C30H27F3N8O3/c1-20-25(38-41(37-20)24-10-6-3-7-11-24)16-34-29(43)27-26(18-44-17-21-8-4-2-5-9-21)40(39-36-27)23-14-12-22(13-15-23)28(42)35-19-30(31,32)33/h2-15H,16-19H2,1H3,(H,34,43)(H,35,42). The van der Waals surface area contributed by atoms with E-state index in [1.807, 2.05) is 66.0 Å². The van der Waals surface area contributed by atoms with Gasteiger partial charge < -0.3 is 15.4 Å². The SMILES string of the molecule is Cc1nn(-c2ccccc2)nc1CNC(=O)c1nnn(-c2ccc(C(=O)NCC(F)(F)F)cc2)c1COCc1ccccc1.